The summed E-state index contributed by atoms with van der Waals surface area (Å²) >= 11 is 0. The first-order valence-corrected chi connectivity index (χ1v) is 4.97. The second-order valence-electron chi connectivity index (χ2n) is 2.32. The Morgan fingerprint density at radius 2 is 2.00 bits per heavy atom. The van der Waals surface area contributed by atoms with Crippen molar-refractivity contribution in [2.45, 2.75) is 11.9 Å². The van der Waals surface area contributed by atoms with Crippen LogP contribution in [0.4, 0.5) is 0 Å². The van der Waals surface area contributed by atoms with Crippen LogP contribution in [-0.2, 0) is 10.9 Å². The summed E-state index contributed by atoms with van der Waals surface area (Å²) in [6.45, 7) is 2.08. The van der Waals surface area contributed by atoms with Gasteiger partial charge in [-0.15, -0.1) is 0 Å². The minimum Gasteiger partial charge on any atom is -0.320 e. The summed E-state index contributed by atoms with van der Waals surface area (Å²) in [5.41, 5.74) is 1.26. The van der Waals surface area contributed by atoms with Crippen LogP contribution in [0, 0.1) is 6.92 Å². The quantitative estimate of drug-likeness (QED) is 0.573. The van der Waals surface area contributed by atoms with E-state index < -0.39 is 0 Å². The molecule has 0 atom stereocenters. The molecule has 0 spiro atoms. The number of hydrogen-bond donors (Lipinski definition) is 1. The molecule has 0 amide bonds. The van der Waals surface area contributed by atoms with Gasteiger partial charge in [-0.1, -0.05) is 0 Å². The standard InChI is InChI=1S/C7H12NS/c1-6-4-5-7(8-6)9(2)3/h4-5,8H,1-3H3/q+1. The van der Waals surface area contributed by atoms with E-state index in [1.807, 2.05) is 0 Å². The molecule has 0 radical (unpaired) electrons. The Morgan fingerprint density at radius 3 is 2.22 bits per heavy atom. The van der Waals surface area contributed by atoms with Crippen molar-refractivity contribution in [2.75, 3.05) is 12.5 Å². The highest BCUT2D eigenvalue weighted by Gasteiger charge is 2.07. The number of aromatic amines is 1. The normalized spacial score (nSPS) is 10.7. The molecule has 1 nitrogen and oxygen atoms in total. The van der Waals surface area contributed by atoms with Crippen molar-refractivity contribution >= 4 is 10.9 Å². The Kier molecular flexibility index (Phi) is 1.86. The summed E-state index contributed by atoms with van der Waals surface area (Å²) in [7, 11) is 0.386. The molecule has 1 N–H and O–H groups in total. The van der Waals surface area contributed by atoms with Crippen LogP contribution in [-0.4, -0.2) is 17.5 Å². The van der Waals surface area contributed by atoms with Crippen LogP contribution >= 0.6 is 0 Å². The van der Waals surface area contributed by atoms with Gasteiger partial charge >= 0.3 is 0 Å². The number of aromatic nitrogens is 1. The predicted octanol–water partition coefficient (Wildman–Crippen LogP) is 1.56. The molecule has 9 heavy (non-hydrogen) atoms. The molecule has 1 rings (SSSR count). The zero-order valence-electron chi connectivity index (χ0n) is 6.06. The smallest absolute Gasteiger partial charge is 0.224 e. The highest BCUT2D eigenvalue weighted by Crippen LogP contribution is 2.06. The molecule has 0 saturated carbocycles. The molecule has 1 heterocycles. The summed E-state index contributed by atoms with van der Waals surface area (Å²) in [6, 6.07) is 4.26. The van der Waals surface area contributed by atoms with Gasteiger partial charge in [-0.25, -0.2) is 0 Å². The SMILES string of the molecule is Cc1ccc([S+](C)C)[nH]1. The van der Waals surface area contributed by atoms with Gasteiger partial charge < -0.3 is 4.98 Å². The fourth-order valence-electron chi connectivity index (χ4n) is 0.716. The molecule has 0 aliphatic heterocycles. The molecular weight excluding hydrogens is 130 g/mol. The van der Waals surface area contributed by atoms with Crippen LogP contribution in [0.15, 0.2) is 17.2 Å². The fraction of sp³-hybridized carbons (Fsp3) is 0.429. The van der Waals surface area contributed by atoms with Gasteiger partial charge in [0.2, 0.25) is 5.03 Å². The van der Waals surface area contributed by atoms with Gasteiger partial charge in [0, 0.05) is 22.7 Å². The largest absolute Gasteiger partial charge is 0.320 e. The Hall–Kier alpha value is -0.370. The summed E-state index contributed by atoms with van der Waals surface area (Å²) in [4.78, 5) is 3.29. The molecule has 0 unspecified atom stereocenters. The molecule has 0 bridgehead atoms. The molecule has 1 aromatic rings. The summed E-state index contributed by atoms with van der Waals surface area (Å²) in [5.74, 6) is 0. The summed E-state index contributed by atoms with van der Waals surface area (Å²) in [6.07, 6.45) is 4.43. The summed E-state index contributed by atoms with van der Waals surface area (Å²) in [5, 5.41) is 1.35. The van der Waals surface area contributed by atoms with Crippen LogP contribution in [0.25, 0.3) is 0 Å². The van der Waals surface area contributed by atoms with Crippen molar-refractivity contribution in [1.29, 1.82) is 0 Å². The third-order valence-corrected chi connectivity index (χ3v) is 2.36. The van der Waals surface area contributed by atoms with Crippen LogP contribution in [0.5, 0.6) is 0 Å². The maximum absolute atomic E-state index is 3.29. The van der Waals surface area contributed by atoms with Crippen molar-refractivity contribution < 1.29 is 0 Å². The zero-order valence-corrected chi connectivity index (χ0v) is 6.88. The van der Waals surface area contributed by atoms with Gasteiger partial charge in [0.15, 0.2) is 0 Å². The van der Waals surface area contributed by atoms with E-state index >= 15 is 0 Å². The number of hydrogen-bond acceptors (Lipinski definition) is 0. The lowest BCUT2D eigenvalue weighted by atomic mass is 10.5. The van der Waals surface area contributed by atoms with E-state index in [9.17, 15) is 0 Å². The second-order valence-corrected chi connectivity index (χ2v) is 4.39. The van der Waals surface area contributed by atoms with Crippen LogP contribution in [0.1, 0.15) is 5.69 Å². The minimum absolute atomic E-state index is 0.386. The number of rotatable bonds is 1. The molecule has 2 heteroatoms. The van der Waals surface area contributed by atoms with E-state index in [0.717, 1.165) is 0 Å². The van der Waals surface area contributed by atoms with E-state index in [4.69, 9.17) is 0 Å². The number of aryl methyl sites for hydroxylation is 1. The third-order valence-electron chi connectivity index (χ3n) is 1.24. The molecule has 0 aliphatic rings. The predicted molar refractivity (Wildman–Crippen MR) is 43.0 cm³/mol. The first kappa shape index (κ1) is 6.75. The minimum atomic E-state index is 0.386. The van der Waals surface area contributed by atoms with Gasteiger partial charge in [-0.3, -0.25) is 0 Å². The Labute approximate surface area is 58.8 Å². The lowest BCUT2D eigenvalue weighted by Crippen LogP contribution is -1.94. The maximum Gasteiger partial charge on any atom is 0.224 e. The summed E-state index contributed by atoms with van der Waals surface area (Å²) < 4.78 is 0. The second kappa shape index (κ2) is 2.48. The highest BCUT2D eigenvalue weighted by atomic mass is 32.2. The van der Waals surface area contributed by atoms with E-state index in [-0.39, 0.29) is 0 Å². The molecule has 0 aromatic carbocycles. The molecule has 50 valence electrons. The first-order chi connectivity index (χ1) is 4.20. The average molecular weight is 142 g/mol. The molecule has 0 aliphatic carbocycles. The Balaban J connectivity index is 2.85. The van der Waals surface area contributed by atoms with Crippen LogP contribution in [0.3, 0.4) is 0 Å². The molecule has 0 saturated heterocycles. The maximum atomic E-state index is 3.29. The Morgan fingerprint density at radius 1 is 1.33 bits per heavy atom. The van der Waals surface area contributed by atoms with Gasteiger partial charge in [0.25, 0.3) is 0 Å². The number of nitrogens with one attached hydrogen (secondary N) is 1. The van der Waals surface area contributed by atoms with Crippen molar-refractivity contribution in [3.8, 4) is 0 Å². The van der Waals surface area contributed by atoms with Gasteiger partial charge in [0.05, 0.1) is 0 Å². The third kappa shape index (κ3) is 1.52. The monoisotopic (exact) mass is 142 g/mol. The number of H-pyrrole nitrogens is 1. The van der Waals surface area contributed by atoms with Crippen LogP contribution < -0.4 is 0 Å². The van der Waals surface area contributed by atoms with Gasteiger partial charge in [-0.2, -0.15) is 0 Å². The molecule has 1 aromatic heterocycles. The molecular formula is C7H12NS+. The fourth-order valence-corrected chi connectivity index (χ4v) is 1.42. The van der Waals surface area contributed by atoms with Crippen molar-refractivity contribution in [1.82, 2.24) is 4.98 Å². The van der Waals surface area contributed by atoms with Crippen LogP contribution in [0.2, 0.25) is 0 Å². The van der Waals surface area contributed by atoms with E-state index in [0.29, 0.717) is 10.9 Å². The van der Waals surface area contributed by atoms with Gasteiger partial charge in [0.1, 0.15) is 12.5 Å². The zero-order chi connectivity index (χ0) is 6.85. The Bertz CT molecular complexity index is 191. The van der Waals surface area contributed by atoms with E-state index in [1.54, 1.807) is 0 Å². The first-order valence-electron chi connectivity index (χ1n) is 2.93. The van der Waals surface area contributed by atoms with E-state index in [2.05, 4.69) is 36.6 Å². The van der Waals surface area contributed by atoms with E-state index in [1.165, 1.54) is 10.7 Å². The average Bonchev–Trinajstić information content (AvgIpc) is 2.14. The van der Waals surface area contributed by atoms with Crippen molar-refractivity contribution in [3.05, 3.63) is 17.8 Å². The highest BCUT2D eigenvalue weighted by molar-refractivity contribution is 7.95. The van der Waals surface area contributed by atoms with Gasteiger partial charge in [-0.05, 0) is 13.0 Å². The molecule has 0 fully saturated rings. The topological polar surface area (TPSA) is 15.8 Å². The lowest BCUT2D eigenvalue weighted by molar-refractivity contribution is 1.13. The van der Waals surface area contributed by atoms with Crippen molar-refractivity contribution in [2.24, 2.45) is 0 Å². The lowest BCUT2D eigenvalue weighted by Gasteiger charge is -1.87. The van der Waals surface area contributed by atoms with Crippen molar-refractivity contribution in [3.63, 3.8) is 0 Å².